The second-order valence-electron chi connectivity index (χ2n) is 4.54. The molecule has 2 rings (SSSR count). The number of anilines is 2. The molecule has 0 radical (unpaired) electrons. The smallest absolute Gasteiger partial charge is 0.338 e. The Hall–Kier alpha value is -3.02. The molecule has 0 bridgehead atoms. The first-order chi connectivity index (χ1) is 11.0. The molecule has 1 amide bonds. The number of rotatable bonds is 4. The van der Waals surface area contributed by atoms with Gasteiger partial charge in [0.25, 0.3) is 0 Å². The zero-order chi connectivity index (χ0) is 17.2. The maximum Gasteiger partial charge on any atom is 0.338 e. The van der Waals surface area contributed by atoms with E-state index in [0.717, 1.165) is 5.69 Å². The van der Waals surface area contributed by atoms with Gasteiger partial charge < -0.3 is 21.5 Å². The highest BCUT2D eigenvalue weighted by atomic mass is 16.5. The molecule has 2 aromatic rings. The van der Waals surface area contributed by atoms with Crippen LogP contribution < -0.4 is 16.8 Å². The monoisotopic (exact) mass is 315 g/mol. The van der Waals surface area contributed by atoms with Gasteiger partial charge in [-0.1, -0.05) is 6.07 Å². The van der Waals surface area contributed by atoms with E-state index in [0.29, 0.717) is 23.4 Å². The molecule has 0 aliphatic rings. The van der Waals surface area contributed by atoms with E-state index < -0.39 is 5.91 Å². The van der Waals surface area contributed by atoms with Gasteiger partial charge in [-0.15, -0.1) is 0 Å². The summed E-state index contributed by atoms with van der Waals surface area (Å²) in [5.41, 5.74) is 13.1. The molecule has 0 aliphatic carbocycles. The number of esters is 1. The minimum atomic E-state index is -0.401. The number of benzene rings is 2. The summed E-state index contributed by atoms with van der Waals surface area (Å²) in [6.45, 7) is 2.17. The van der Waals surface area contributed by atoms with E-state index in [-0.39, 0.29) is 5.97 Å². The van der Waals surface area contributed by atoms with Gasteiger partial charge in [0.15, 0.2) is 0 Å². The van der Waals surface area contributed by atoms with Crippen molar-refractivity contribution in [3.05, 3.63) is 59.7 Å². The van der Waals surface area contributed by atoms with Crippen LogP contribution in [0.4, 0.5) is 11.4 Å². The second kappa shape index (κ2) is 9.09. The minimum Gasteiger partial charge on any atom is -0.462 e. The second-order valence-corrected chi connectivity index (χ2v) is 4.54. The Morgan fingerprint density at radius 1 is 1.09 bits per heavy atom. The molecule has 5 N–H and O–H groups in total. The highest BCUT2D eigenvalue weighted by molar-refractivity contribution is 5.93. The average Bonchev–Trinajstić information content (AvgIpc) is 2.56. The van der Waals surface area contributed by atoms with Crippen molar-refractivity contribution in [3.8, 4) is 0 Å². The Labute approximate surface area is 135 Å². The summed E-state index contributed by atoms with van der Waals surface area (Å²) in [7, 11) is 1.79. The van der Waals surface area contributed by atoms with Crippen LogP contribution in [0.3, 0.4) is 0 Å². The summed E-state index contributed by atoms with van der Waals surface area (Å²) in [6.07, 6.45) is 0. The molecule has 6 nitrogen and oxygen atoms in total. The highest BCUT2D eigenvalue weighted by Gasteiger charge is 2.03. The first-order valence-corrected chi connectivity index (χ1v) is 7.08. The number of nitrogens with two attached hydrogens (primary N) is 2. The molecule has 0 spiro atoms. The van der Waals surface area contributed by atoms with Crippen LogP contribution in [0.2, 0.25) is 0 Å². The first-order valence-electron chi connectivity index (χ1n) is 7.08. The van der Waals surface area contributed by atoms with E-state index in [2.05, 4.69) is 5.32 Å². The van der Waals surface area contributed by atoms with Crippen molar-refractivity contribution in [2.75, 3.05) is 24.7 Å². The molecule has 122 valence electrons. The van der Waals surface area contributed by atoms with Gasteiger partial charge in [0.1, 0.15) is 0 Å². The highest BCUT2D eigenvalue weighted by Crippen LogP contribution is 2.08. The summed E-state index contributed by atoms with van der Waals surface area (Å²) in [5, 5.41) is 2.91. The minimum absolute atomic E-state index is 0.308. The quantitative estimate of drug-likeness (QED) is 0.592. The van der Waals surface area contributed by atoms with Crippen LogP contribution in [0.25, 0.3) is 0 Å². The first kappa shape index (κ1) is 18.0. The number of nitrogens with one attached hydrogen (secondary N) is 1. The predicted molar refractivity (Wildman–Crippen MR) is 91.3 cm³/mol. The number of nitrogen functional groups attached to an aromatic ring is 1. The van der Waals surface area contributed by atoms with E-state index in [1.54, 1.807) is 56.4 Å². The molecule has 0 fully saturated rings. The summed E-state index contributed by atoms with van der Waals surface area (Å²) in [5.74, 6) is -0.709. The lowest BCUT2D eigenvalue weighted by molar-refractivity contribution is 0.0526. The number of amides is 1. The number of carbonyl (C=O) groups excluding carboxylic acids is 2. The van der Waals surface area contributed by atoms with Crippen molar-refractivity contribution in [3.63, 3.8) is 0 Å². The summed E-state index contributed by atoms with van der Waals surface area (Å²) in [6, 6.07) is 13.7. The third-order valence-corrected chi connectivity index (χ3v) is 2.86. The molecule has 0 unspecified atom stereocenters. The van der Waals surface area contributed by atoms with Crippen LogP contribution >= 0.6 is 0 Å². The largest absolute Gasteiger partial charge is 0.462 e. The van der Waals surface area contributed by atoms with Crippen LogP contribution in [0.15, 0.2) is 48.5 Å². The number of ether oxygens (including phenoxy) is 1. The Morgan fingerprint density at radius 3 is 2.26 bits per heavy atom. The maximum absolute atomic E-state index is 11.1. The van der Waals surface area contributed by atoms with Gasteiger partial charge >= 0.3 is 5.97 Å². The molecule has 0 saturated heterocycles. The summed E-state index contributed by atoms with van der Waals surface area (Å²) < 4.78 is 4.79. The number of primary amides is 1. The van der Waals surface area contributed by atoms with Crippen molar-refractivity contribution >= 4 is 23.3 Å². The molecule has 0 heterocycles. The fraction of sp³-hybridized carbons (Fsp3) is 0.176. The van der Waals surface area contributed by atoms with Gasteiger partial charge in [-0.25, -0.2) is 4.79 Å². The standard InChI is InChI=1S/C9H11NO2.C8H10N2O/c1-2-12-9(11)7-3-5-8(10)6-4-7;1-10-7-4-2-3-6(5-7)8(9)11/h3-6H,2,10H2,1H3;2-5,10H,1H3,(H2,9,11). The fourth-order valence-electron chi connectivity index (χ4n) is 1.66. The molecule has 0 saturated carbocycles. The topological polar surface area (TPSA) is 107 Å². The molecule has 0 aromatic heterocycles. The zero-order valence-electron chi connectivity index (χ0n) is 13.2. The van der Waals surface area contributed by atoms with Crippen molar-refractivity contribution in [1.82, 2.24) is 0 Å². The van der Waals surface area contributed by atoms with E-state index >= 15 is 0 Å². The maximum atomic E-state index is 11.1. The van der Waals surface area contributed by atoms with E-state index in [1.165, 1.54) is 0 Å². The lowest BCUT2D eigenvalue weighted by Crippen LogP contribution is -2.10. The van der Waals surface area contributed by atoms with Crippen LogP contribution in [-0.4, -0.2) is 25.5 Å². The van der Waals surface area contributed by atoms with Crippen LogP contribution in [0, 0.1) is 0 Å². The van der Waals surface area contributed by atoms with Crippen molar-refractivity contribution in [1.29, 1.82) is 0 Å². The van der Waals surface area contributed by atoms with Crippen LogP contribution in [0.5, 0.6) is 0 Å². The lowest BCUT2D eigenvalue weighted by atomic mass is 10.2. The van der Waals surface area contributed by atoms with Crippen LogP contribution in [-0.2, 0) is 4.74 Å². The Bertz CT molecular complexity index is 654. The predicted octanol–water partition coefficient (Wildman–Crippen LogP) is 2.27. The van der Waals surface area contributed by atoms with Crippen molar-refractivity contribution in [2.45, 2.75) is 6.92 Å². The van der Waals surface area contributed by atoms with E-state index in [1.807, 2.05) is 6.07 Å². The third kappa shape index (κ3) is 6.09. The molecule has 23 heavy (non-hydrogen) atoms. The van der Waals surface area contributed by atoms with Gasteiger partial charge in [-0.05, 0) is 49.4 Å². The molecule has 2 aromatic carbocycles. The van der Waals surface area contributed by atoms with E-state index in [4.69, 9.17) is 16.2 Å². The SMILES string of the molecule is CCOC(=O)c1ccc(N)cc1.CNc1cccc(C(N)=O)c1. The van der Waals surface area contributed by atoms with Crippen LogP contribution in [0.1, 0.15) is 27.6 Å². The molecular weight excluding hydrogens is 294 g/mol. The molecule has 0 aliphatic heterocycles. The van der Waals surface area contributed by atoms with Gasteiger partial charge in [0, 0.05) is 24.0 Å². The number of hydrogen-bond donors (Lipinski definition) is 3. The summed E-state index contributed by atoms with van der Waals surface area (Å²) in [4.78, 5) is 21.8. The van der Waals surface area contributed by atoms with Crippen molar-refractivity contribution in [2.24, 2.45) is 5.73 Å². The lowest BCUT2D eigenvalue weighted by Gasteiger charge is -2.00. The zero-order valence-corrected chi connectivity index (χ0v) is 13.2. The molecule has 0 atom stereocenters. The third-order valence-electron chi connectivity index (χ3n) is 2.86. The Kier molecular flexibility index (Phi) is 7.13. The van der Waals surface area contributed by atoms with Gasteiger partial charge in [0.2, 0.25) is 5.91 Å². The molecule has 6 heteroatoms. The Morgan fingerprint density at radius 2 is 1.74 bits per heavy atom. The average molecular weight is 315 g/mol. The van der Waals surface area contributed by atoms with E-state index in [9.17, 15) is 9.59 Å². The summed E-state index contributed by atoms with van der Waals surface area (Å²) >= 11 is 0. The van der Waals surface area contributed by atoms with Gasteiger partial charge in [-0.2, -0.15) is 0 Å². The normalized spacial score (nSPS) is 9.30. The van der Waals surface area contributed by atoms with Gasteiger partial charge in [0.05, 0.1) is 12.2 Å². The molecular formula is C17H21N3O3. The number of hydrogen-bond acceptors (Lipinski definition) is 5. The van der Waals surface area contributed by atoms with Gasteiger partial charge in [-0.3, -0.25) is 4.79 Å². The van der Waals surface area contributed by atoms with Crippen molar-refractivity contribution < 1.29 is 14.3 Å². The fourth-order valence-corrected chi connectivity index (χ4v) is 1.66. The Balaban J connectivity index is 0.000000231. The number of carbonyl (C=O) groups is 2.